The molecule has 3 rings (SSSR count). The van der Waals surface area contributed by atoms with E-state index in [1.807, 2.05) is 12.1 Å². The predicted molar refractivity (Wildman–Crippen MR) is 105 cm³/mol. The normalized spacial score (nSPS) is 20.3. The zero-order valence-corrected chi connectivity index (χ0v) is 15.7. The molecule has 0 bridgehead atoms. The Morgan fingerprint density at radius 1 is 0.880 bits per heavy atom. The van der Waals surface area contributed by atoms with Gasteiger partial charge in [-0.2, -0.15) is 0 Å². The number of terminal acetylenes is 1. The maximum Gasteiger partial charge on any atom is 0.0703 e. The smallest absolute Gasteiger partial charge is 0.0703 e. The van der Waals surface area contributed by atoms with Gasteiger partial charge in [-0.15, -0.1) is 6.42 Å². The third-order valence-electron chi connectivity index (χ3n) is 6.79. The van der Waals surface area contributed by atoms with Gasteiger partial charge < -0.3 is 5.11 Å². The van der Waals surface area contributed by atoms with Gasteiger partial charge in [0.15, 0.2) is 0 Å². The van der Waals surface area contributed by atoms with E-state index < -0.39 is 5.60 Å². The fourth-order valence-electron chi connectivity index (χ4n) is 5.29. The van der Waals surface area contributed by atoms with Crippen LogP contribution in [0.25, 0.3) is 0 Å². The fraction of sp³-hybridized carbons (Fsp3) is 0.667. The number of benzene rings is 1. The van der Waals surface area contributed by atoms with E-state index in [4.69, 9.17) is 6.42 Å². The van der Waals surface area contributed by atoms with E-state index in [0.29, 0.717) is 11.8 Å². The van der Waals surface area contributed by atoms with Crippen molar-refractivity contribution in [2.24, 2.45) is 11.8 Å². The maximum atomic E-state index is 11.8. The molecule has 0 spiro atoms. The van der Waals surface area contributed by atoms with E-state index in [0.717, 1.165) is 24.8 Å². The second-order valence-corrected chi connectivity index (χ2v) is 8.36. The molecule has 2 aliphatic carbocycles. The molecule has 0 amide bonds. The van der Waals surface area contributed by atoms with Crippen LogP contribution in [0.15, 0.2) is 24.3 Å². The average Bonchev–Trinajstić information content (AvgIpc) is 2.70. The number of rotatable bonds is 6. The molecular formula is C24H34O. The van der Waals surface area contributed by atoms with Crippen LogP contribution in [0.3, 0.4) is 0 Å². The van der Waals surface area contributed by atoms with Gasteiger partial charge in [0.25, 0.3) is 0 Å². The van der Waals surface area contributed by atoms with Gasteiger partial charge in [-0.05, 0) is 74.5 Å². The summed E-state index contributed by atoms with van der Waals surface area (Å²) in [5.41, 5.74) is 1.87. The zero-order valence-electron chi connectivity index (χ0n) is 15.7. The van der Waals surface area contributed by atoms with E-state index in [2.05, 4.69) is 18.1 Å². The van der Waals surface area contributed by atoms with Crippen molar-refractivity contribution in [3.63, 3.8) is 0 Å². The molecule has 0 unspecified atom stereocenters. The van der Waals surface area contributed by atoms with Crippen LogP contribution in [0.5, 0.6) is 0 Å². The number of aryl methyl sites for hydroxylation is 1. The van der Waals surface area contributed by atoms with E-state index >= 15 is 0 Å². The van der Waals surface area contributed by atoms with E-state index in [-0.39, 0.29) is 0 Å². The summed E-state index contributed by atoms with van der Waals surface area (Å²) in [7, 11) is 0. The molecule has 1 nitrogen and oxygen atoms in total. The lowest BCUT2D eigenvalue weighted by atomic mass is 9.64. The summed E-state index contributed by atoms with van der Waals surface area (Å²) in [6.07, 6.45) is 21.5. The zero-order chi connectivity index (χ0) is 17.5. The fourth-order valence-corrected chi connectivity index (χ4v) is 5.29. The lowest BCUT2D eigenvalue weighted by molar-refractivity contribution is -0.0986. The van der Waals surface area contributed by atoms with E-state index in [1.54, 1.807) is 0 Å². The molecule has 0 aliphatic heterocycles. The van der Waals surface area contributed by atoms with Crippen molar-refractivity contribution in [1.29, 1.82) is 0 Å². The molecule has 2 fully saturated rings. The number of hydrogen-bond acceptors (Lipinski definition) is 1. The first-order valence-corrected chi connectivity index (χ1v) is 10.5. The lowest BCUT2D eigenvalue weighted by Gasteiger charge is -2.46. The van der Waals surface area contributed by atoms with Crippen LogP contribution in [0.1, 0.15) is 88.2 Å². The third kappa shape index (κ3) is 4.68. The van der Waals surface area contributed by atoms with Crippen LogP contribution in [0, 0.1) is 24.2 Å². The summed E-state index contributed by atoms with van der Waals surface area (Å²) < 4.78 is 0. The van der Waals surface area contributed by atoms with Gasteiger partial charge in [-0.1, -0.05) is 56.6 Å². The Hall–Kier alpha value is -1.26. The second-order valence-electron chi connectivity index (χ2n) is 8.36. The molecule has 0 atom stereocenters. The van der Waals surface area contributed by atoms with Gasteiger partial charge in [0.05, 0.1) is 5.60 Å². The first-order valence-electron chi connectivity index (χ1n) is 10.5. The lowest BCUT2D eigenvalue weighted by Crippen LogP contribution is -2.47. The van der Waals surface area contributed by atoms with Crippen LogP contribution < -0.4 is 0 Å². The summed E-state index contributed by atoms with van der Waals surface area (Å²) in [6, 6.07) is 8.36. The molecule has 1 aromatic rings. The van der Waals surface area contributed by atoms with Gasteiger partial charge in [0, 0.05) is 5.56 Å². The van der Waals surface area contributed by atoms with Crippen LogP contribution in [0.4, 0.5) is 0 Å². The van der Waals surface area contributed by atoms with Gasteiger partial charge in [-0.3, -0.25) is 0 Å². The minimum Gasteiger partial charge on any atom is -0.389 e. The highest BCUT2D eigenvalue weighted by atomic mass is 16.3. The van der Waals surface area contributed by atoms with Crippen molar-refractivity contribution in [3.05, 3.63) is 35.4 Å². The summed E-state index contributed by atoms with van der Waals surface area (Å²) in [6.45, 7) is 0. The van der Waals surface area contributed by atoms with Crippen molar-refractivity contribution < 1.29 is 5.11 Å². The Labute approximate surface area is 154 Å². The molecule has 2 saturated carbocycles. The molecule has 0 heterocycles. The van der Waals surface area contributed by atoms with Crippen LogP contribution >= 0.6 is 0 Å². The SMILES string of the molecule is C#Cc1ccc(CCCC(O)(C2CCCCC2)C2CCCCC2)cc1. The van der Waals surface area contributed by atoms with Crippen molar-refractivity contribution in [3.8, 4) is 12.3 Å². The van der Waals surface area contributed by atoms with Crippen LogP contribution in [-0.2, 0) is 6.42 Å². The van der Waals surface area contributed by atoms with E-state index in [1.165, 1.54) is 69.8 Å². The molecule has 1 N–H and O–H groups in total. The predicted octanol–water partition coefficient (Wildman–Crippen LogP) is 5.88. The standard InChI is InChI=1S/C24H34O/c1-2-20-15-17-21(18-16-20)10-9-19-24(25,22-11-5-3-6-12-22)23-13-7-4-8-14-23/h1,15-18,22-23,25H,3-14,19H2. The van der Waals surface area contributed by atoms with E-state index in [9.17, 15) is 5.11 Å². The summed E-state index contributed by atoms with van der Waals surface area (Å²) in [5.74, 6) is 3.75. The van der Waals surface area contributed by atoms with Crippen molar-refractivity contribution in [2.75, 3.05) is 0 Å². The molecule has 0 radical (unpaired) electrons. The highest BCUT2D eigenvalue weighted by molar-refractivity contribution is 5.34. The monoisotopic (exact) mass is 338 g/mol. The minimum atomic E-state index is -0.417. The highest BCUT2D eigenvalue weighted by Gasteiger charge is 2.43. The molecule has 136 valence electrons. The van der Waals surface area contributed by atoms with Gasteiger partial charge in [-0.25, -0.2) is 0 Å². The number of aliphatic hydroxyl groups is 1. The summed E-state index contributed by atoms with van der Waals surface area (Å²) in [4.78, 5) is 0. The highest BCUT2D eigenvalue weighted by Crippen LogP contribution is 2.45. The summed E-state index contributed by atoms with van der Waals surface area (Å²) in [5, 5.41) is 11.8. The molecule has 1 heteroatoms. The van der Waals surface area contributed by atoms with Crippen LogP contribution in [-0.4, -0.2) is 10.7 Å². The quantitative estimate of drug-likeness (QED) is 0.642. The van der Waals surface area contributed by atoms with Crippen LogP contribution in [0.2, 0.25) is 0 Å². The Morgan fingerprint density at radius 2 is 1.40 bits per heavy atom. The molecule has 2 aliphatic rings. The first-order chi connectivity index (χ1) is 12.2. The largest absolute Gasteiger partial charge is 0.389 e. The molecule has 25 heavy (non-hydrogen) atoms. The van der Waals surface area contributed by atoms with Gasteiger partial charge in [0.2, 0.25) is 0 Å². The van der Waals surface area contributed by atoms with Gasteiger partial charge >= 0.3 is 0 Å². The number of hydrogen-bond donors (Lipinski definition) is 1. The second kappa shape index (κ2) is 8.91. The third-order valence-corrected chi connectivity index (χ3v) is 6.79. The Morgan fingerprint density at radius 3 is 1.88 bits per heavy atom. The average molecular weight is 339 g/mol. The molecule has 0 aromatic heterocycles. The summed E-state index contributed by atoms with van der Waals surface area (Å²) >= 11 is 0. The maximum absolute atomic E-state index is 11.8. The Balaban J connectivity index is 1.63. The van der Waals surface area contributed by atoms with Crippen molar-refractivity contribution >= 4 is 0 Å². The van der Waals surface area contributed by atoms with Crippen molar-refractivity contribution in [2.45, 2.75) is 89.1 Å². The first kappa shape index (κ1) is 18.5. The Kier molecular flexibility index (Phi) is 6.60. The van der Waals surface area contributed by atoms with Crippen molar-refractivity contribution in [1.82, 2.24) is 0 Å². The molecule has 1 aromatic carbocycles. The van der Waals surface area contributed by atoms with Gasteiger partial charge in [0.1, 0.15) is 0 Å². The topological polar surface area (TPSA) is 20.2 Å². The molecular weight excluding hydrogens is 304 g/mol. The minimum absolute atomic E-state index is 0.417. The molecule has 0 saturated heterocycles. The Bertz CT molecular complexity index is 535.